The molecule has 2 amide bonds. The highest BCUT2D eigenvalue weighted by molar-refractivity contribution is 6.33. The van der Waals surface area contributed by atoms with E-state index in [1.54, 1.807) is 37.2 Å². The van der Waals surface area contributed by atoms with Gasteiger partial charge in [0.1, 0.15) is 5.60 Å². The summed E-state index contributed by atoms with van der Waals surface area (Å²) < 4.78 is 5.40. The lowest BCUT2D eigenvalue weighted by Gasteiger charge is -2.24. The number of hydrogen-bond donors (Lipinski definition) is 1. The maximum absolute atomic E-state index is 12.1. The van der Waals surface area contributed by atoms with Crippen molar-refractivity contribution in [1.82, 2.24) is 9.80 Å². The summed E-state index contributed by atoms with van der Waals surface area (Å²) in [5, 5.41) is 3.89. The van der Waals surface area contributed by atoms with E-state index in [9.17, 15) is 9.59 Å². The van der Waals surface area contributed by atoms with E-state index < -0.39 is 5.60 Å². The molecule has 1 aliphatic heterocycles. The summed E-state index contributed by atoms with van der Waals surface area (Å²) in [5.41, 5.74) is 0.761. The summed E-state index contributed by atoms with van der Waals surface area (Å²) in [4.78, 5) is 27.5. The summed E-state index contributed by atoms with van der Waals surface area (Å²) in [6.45, 7) is 6.72. The van der Waals surface area contributed by atoms with Crippen molar-refractivity contribution in [3.8, 4) is 0 Å². The number of carbonyl (C=O) groups is 2. The van der Waals surface area contributed by atoms with Crippen LogP contribution in [0.1, 0.15) is 37.6 Å². The Bertz CT molecular complexity index is 655. The van der Waals surface area contributed by atoms with Crippen LogP contribution >= 0.6 is 11.6 Å². The summed E-state index contributed by atoms with van der Waals surface area (Å²) in [7, 11) is 3.42. The Labute approximate surface area is 154 Å². The van der Waals surface area contributed by atoms with Crippen LogP contribution in [-0.4, -0.2) is 60.6 Å². The molecule has 0 aromatic heterocycles. The normalized spacial score (nSPS) is 17.4. The molecule has 1 heterocycles. The molecule has 1 aliphatic rings. The zero-order valence-electron chi connectivity index (χ0n) is 15.4. The van der Waals surface area contributed by atoms with Gasteiger partial charge in [0.15, 0.2) is 0 Å². The van der Waals surface area contributed by atoms with E-state index >= 15 is 0 Å². The maximum Gasteiger partial charge on any atom is 0.410 e. The molecule has 1 unspecified atom stereocenters. The molecule has 0 bridgehead atoms. The average Bonchev–Trinajstić information content (AvgIpc) is 2.95. The summed E-state index contributed by atoms with van der Waals surface area (Å²) >= 11 is 6.25. The molecule has 1 fully saturated rings. The van der Waals surface area contributed by atoms with Gasteiger partial charge >= 0.3 is 6.09 Å². The van der Waals surface area contributed by atoms with Crippen molar-refractivity contribution >= 4 is 29.3 Å². The van der Waals surface area contributed by atoms with Crippen LogP contribution in [0.5, 0.6) is 0 Å². The number of likely N-dealkylation sites (tertiary alicyclic amines) is 1. The zero-order valence-corrected chi connectivity index (χ0v) is 16.2. The Balaban J connectivity index is 2.02. The first-order valence-corrected chi connectivity index (χ1v) is 8.70. The average molecular weight is 368 g/mol. The highest BCUT2D eigenvalue weighted by atomic mass is 35.5. The monoisotopic (exact) mass is 367 g/mol. The molecule has 6 nitrogen and oxygen atoms in total. The molecule has 0 spiro atoms. The molecule has 1 saturated heterocycles. The molecule has 0 aliphatic carbocycles. The van der Waals surface area contributed by atoms with Crippen molar-refractivity contribution in [3.05, 3.63) is 28.8 Å². The lowest BCUT2D eigenvalue weighted by molar-refractivity contribution is 0.0293. The van der Waals surface area contributed by atoms with Gasteiger partial charge in [-0.15, -0.1) is 0 Å². The fraction of sp³-hybridized carbons (Fsp3) is 0.556. The molecule has 7 heteroatoms. The van der Waals surface area contributed by atoms with Gasteiger partial charge in [0.25, 0.3) is 5.91 Å². The standard InChI is InChI=1S/C18H26ClN3O3/c1-18(2,3)25-17(24)22-9-8-13(11-22)20-15-10-12(6-7-14(15)19)16(23)21(4)5/h6-7,10,13,20H,8-9,11H2,1-5H3. The molecule has 1 aromatic carbocycles. The van der Waals surface area contributed by atoms with Gasteiger partial charge in [-0.3, -0.25) is 4.79 Å². The van der Waals surface area contributed by atoms with Gasteiger partial charge < -0.3 is 19.9 Å². The predicted octanol–water partition coefficient (Wildman–Crippen LogP) is 3.46. The van der Waals surface area contributed by atoms with E-state index in [0.29, 0.717) is 29.4 Å². The predicted molar refractivity (Wildman–Crippen MR) is 99.3 cm³/mol. The van der Waals surface area contributed by atoms with Crippen LogP contribution < -0.4 is 5.32 Å². The van der Waals surface area contributed by atoms with Crippen molar-refractivity contribution in [2.75, 3.05) is 32.5 Å². The number of nitrogens with one attached hydrogen (secondary N) is 1. The number of carbonyl (C=O) groups excluding carboxylic acids is 2. The topological polar surface area (TPSA) is 61.9 Å². The van der Waals surface area contributed by atoms with E-state index in [2.05, 4.69) is 5.32 Å². The van der Waals surface area contributed by atoms with Crippen molar-refractivity contribution in [2.45, 2.75) is 38.8 Å². The summed E-state index contributed by atoms with van der Waals surface area (Å²) in [5.74, 6) is -0.0819. The van der Waals surface area contributed by atoms with Crippen molar-refractivity contribution in [2.24, 2.45) is 0 Å². The third kappa shape index (κ3) is 5.26. The largest absolute Gasteiger partial charge is 0.444 e. The van der Waals surface area contributed by atoms with Gasteiger partial charge in [-0.25, -0.2) is 4.79 Å². The van der Waals surface area contributed by atoms with Gasteiger partial charge in [0.2, 0.25) is 0 Å². The minimum atomic E-state index is -0.507. The van der Waals surface area contributed by atoms with Crippen LogP contribution in [0.4, 0.5) is 10.5 Å². The first-order valence-electron chi connectivity index (χ1n) is 8.32. The smallest absolute Gasteiger partial charge is 0.410 e. The van der Waals surface area contributed by atoms with Gasteiger partial charge in [0, 0.05) is 38.8 Å². The molecule has 0 saturated carbocycles. The number of ether oxygens (including phenoxy) is 1. The molecular formula is C18H26ClN3O3. The Hall–Kier alpha value is -1.95. The third-order valence-corrected chi connectivity index (χ3v) is 4.15. The molecule has 1 aromatic rings. The number of hydrogen-bond acceptors (Lipinski definition) is 4. The Morgan fingerprint density at radius 3 is 2.60 bits per heavy atom. The number of benzene rings is 1. The highest BCUT2D eigenvalue weighted by Gasteiger charge is 2.30. The molecule has 0 radical (unpaired) electrons. The lowest BCUT2D eigenvalue weighted by Crippen LogP contribution is -2.36. The second kappa shape index (κ2) is 7.52. The summed E-state index contributed by atoms with van der Waals surface area (Å²) in [6, 6.07) is 5.23. The van der Waals surface area contributed by atoms with E-state index in [4.69, 9.17) is 16.3 Å². The molecule has 138 valence electrons. The number of amides is 2. The fourth-order valence-electron chi connectivity index (χ4n) is 2.62. The number of rotatable bonds is 3. The van der Waals surface area contributed by atoms with Crippen LogP contribution in [0.3, 0.4) is 0 Å². The summed E-state index contributed by atoms with van der Waals surface area (Å²) in [6.07, 6.45) is 0.487. The van der Waals surface area contributed by atoms with E-state index in [-0.39, 0.29) is 18.0 Å². The van der Waals surface area contributed by atoms with E-state index in [1.165, 1.54) is 4.90 Å². The van der Waals surface area contributed by atoms with Gasteiger partial charge in [-0.1, -0.05) is 11.6 Å². The second-order valence-electron chi connectivity index (χ2n) is 7.45. The third-order valence-electron chi connectivity index (χ3n) is 3.82. The van der Waals surface area contributed by atoms with Gasteiger partial charge in [-0.2, -0.15) is 0 Å². The molecule has 1 N–H and O–H groups in total. The van der Waals surface area contributed by atoms with Crippen LogP contribution in [0.25, 0.3) is 0 Å². The molecule has 25 heavy (non-hydrogen) atoms. The number of anilines is 1. The Morgan fingerprint density at radius 2 is 2.00 bits per heavy atom. The Morgan fingerprint density at radius 1 is 1.32 bits per heavy atom. The second-order valence-corrected chi connectivity index (χ2v) is 7.86. The van der Waals surface area contributed by atoms with Crippen LogP contribution in [-0.2, 0) is 4.74 Å². The zero-order chi connectivity index (χ0) is 18.8. The minimum Gasteiger partial charge on any atom is -0.444 e. The van der Waals surface area contributed by atoms with Crippen LogP contribution in [0, 0.1) is 0 Å². The maximum atomic E-state index is 12.1. The van der Waals surface area contributed by atoms with Gasteiger partial charge in [0.05, 0.1) is 10.7 Å². The fourth-order valence-corrected chi connectivity index (χ4v) is 2.79. The van der Waals surface area contributed by atoms with E-state index in [0.717, 1.165) is 6.42 Å². The molecule has 2 rings (SSSR count). The van der Waals surface area contributed by atoms with E-state index in [1.807, 2.05) is 20.8 Å². The lowest BCUT2D eigenvalue weighted by atomic mass is 10.1. The van der Waals surface area contributed by atoms with Crippen molar-refractivity contribution in [3.63, 3.8) is 0 Å². The molecule has 1 atom stereocenters. The van der Waals surface area contributed by atoms with Crippen LogP contribution in [0.2, 0.25) is 5.02 Å². The number of halogens is 1. The van der Waals surface area contributed by atoms with Crippen molar-refractivity contribution in [1.29, 1.82) is 0 Å². The highest BCUT2D eigenvalue weighted by Crippen LogP contribution is 2.26. The quantitative estimate of drug-likeness (QED) is 0.888. The first-order chi connectivity index (χ1) is 11.6. The number of nitrogens with zero attached hydrogens (tertiary/aromatic N) is 2. The van der Waals surface area contributed by atoms with Crippen LogP contribution in [0.15, 0.2) is 18.2 Å². The van der Waals surface area contributed by atoms with Gasteiger partial charge in [-0.05, 0) is 45.4 Å². The SMILES string of the molecule is CN(C)C(=O)c1ccc(Cl)c(NC2CCN(C(=O)OC(C)(C)C)C2)c1. The molecular weight excluding hydrogens is 342 g/mol. The first kappa shape index (κ1) is 19.4. The Kier molecular flexibility index (Phi) is 5.83. The van der Waals surface area contributed by atoms with Crippen molar-refractivity contribution < 1.29 is 14.3 Å². The minimum absolute atomic E-state index is 0.0646.